The number of nitrogens with zero attached hydrogens (tertiary/aromatic N) is 2. The Balaban J connectivity index is 2.00. The van der Waals surface area contributed by atoms with Crippen LogP contribution in [0.25, 0.3) is 22.8 Å². The lowest BCUT2D eigenvalue weighted by atomic mass is 10.1. The molecule has 0 spiro atoms. The van der Waals surface area contributed by atoms with Gasteiger partial charge in [-0.25, -0.2) is 0 Å². The minimum Gasteiger partial charge on any atom is -0.481 e. The van der Waals surface area contributed by atoms with Crippen molar-refractivity contribution in [2.75, 3.05) is 0 Å². The summed E-state index contributed by atoms with van der Waals surface area (Å²) in [5.41, 5.74) is -0.248. The van der Waals surface area contributed by atoms with Crippen LogP contribution in [0, 0.1) is 6.92 Å². The molecule has 0 N–H and O–H groups in total. The van der Waals surface area contributed by atoms with Gasteiger partial charge >= 0.3 is 12.4 Å². The zero-order valence-corrected chi connectivity index (χ0v) is 16.2. The van der Waals surface area contributed by atoms with Gasteiger partial charge in [0.05, 0.1) is 5.56 Å². The Morgan fingerprint density at radius 1 is 1.03 bits per heavy atom. The highest BCUT2D eigenvalue weighted by atomic mass is 35.5. The number of benzene rings is 2. The molecule has 0 fully saturated rings. The van der Waals surface area contributed by atoms with E-state index in [9.17, 15) is 26.3 Å². The molecule has 0 saturated carbocycles. The molecule has 2 aromatic carbocycles. The van der Waals surface area contributed by atoms with Gasteiger partial charge in [0.1, 0.15) is 5.75 Å². The van der Waals surface area contributed by atoms with Crippen LogP contribution in [0.3, 0.4) is 0 Å². The molecule has 1 atom stereocenters. The zero-order valence-electron chi connectivity index (χ0n) is 15.4. The topological polar surface area (TPSA) is 48.2 Å². The summed E-state index contributed by atoms with van der Waals surface area (Å²) in [6.45, 7) is 2.38. The summed E-state index contributed by atoms with van der Waals surface area (Å²) in [4.78, 5) is 4.08. The fourth-order valence-electron chi connectivity index (χ4n) is 2.53. The molecule has 11 heteroatoms. The van der Waals surface area contributed by atoms with E-state index in [2.05, 4.69) is 14.9 Å². The molecule has 3 aromatic rings. The van der Waals surface area contributed by atoms with Gasteiger partial charge in [0.25, 0.3) is 5.89 Å². The minimum atomic E-state index is -4.97. The van der Waals surface area contributed by atoms with Gasteiger partial charge in [0, 0.05) is 16.1 Å². The number of halogens is 7. The van der Waals surface area contributed by atoms with Crippen LogP contribution >= 0.6 is 11.6 Å². The lowest BCUT2D eigenvalue weighted by Gasteiger charge is -2.20. The average molecular weight is 451 g/mol. The summed E-state index contributed by atoms with van der Waals surface area (Å²) in [6, 6.07) is 7.43. The quantitative estimate of drug-likeness (QED) is 0.414. The van der Waals surface area contributed by atoms with Crippen LogP contribution in [0.15, 0.2) is 40.9 Å². The molecule has 0 radical (unpaired) electrons. The van der Waals surface area contributed by atoms with Gasteiger partial charge in [-0.1, -0.05) is 22.8 Å². The van der Waals surface area contributed by atoms with E-state index in [1.54, 1.807) is 25.1 Å². The Morgan fingerprint density at radius 3 is 2.37 bits per heavy atom. The fourth-order valence-corrected chi connectivity index (χ4v) is 2.70. The third-order valence-corrected chi connectivity index (χ3v) is 4.40. The molecule has 0 aliphatic heterocycles. The molecule has 0 aliphatic carbocycles. The lowest BCUT2D eigenvalue weighted by molar-refractivity contribution is -0.191. The molecule has 1 unspecified atom stereocenters. The van der Waals surface area contributed by atoms with Gasteiger partial charge in [-0.15, -0.1) is 0 Å². The monoisotopic (exact) mass is 450 g/mol. The first-order valence-corrected chi connectivity index (χ1v) is 8.79. The van der Waals surface area contributed by atoms with Crippen molar-refractivity contribution in [2.24, 2.45) is 0 Å². The van der Waals surface area contributed by atoms with Crippen LogP contribution in [0.2, 0.25) is 5.02 Å². The second-order valence-corrected chi connectivity index (χ2v) is 6.83. The Kier molecular flexibility index (Phi) is 5.72. The standard InChI is InChI=1S/C19H13ClF6N2O2/c1-9-3-5-12(20)8-13(9)16-27-17(30-28-16)11-4-6-15(14(7-11)19(24,25)26)29-10(2)18(21,22)23/h3-8,10H,1-2H3. The first-order valence-electron chi connectivity index (χ1n) is 8.41. The highest BCUT2D eigenvalue weighted by Gasteiger charge is 2.41. The normalized spacial score (nSPS) is 13.4. The highest BCUT2D eigenvalue weighted by molar-refractivity contribution is 6.30. The van der Waals surface area contributed by atoms with E-state index < -0.39 is 29.8 Å². The summed E-state index contributed by atoms with van der Waals surface area (Å²) >= 11 is 5.95. The third-order valence-electron chi connectivity index (χ3n) is 4.16. The maximum Gasteiger partial charge on any atom is 0.425 e. The van der Waals surface area contributed by atoms with E-state index in [4.69, 9.17) is 16.1 Å². The maximum absolute atomic E-state index is 13.4. The zero-order chi connectivity index (χ0) is 22.3. The first-order chi connectivity index (χ1) is 13.9. The number of aromatic nitrogens is 2. The van der Waals surface area contributed by atoms with Crippen molar-refractivity contribution in [3.05, 3.63) is 52.5 Å². The Labute approximate surface area is 171 Å². The lowest BCUT2D eigenvalue weighted by Crippen LogP contribution is -2.31. The number of hydrogen-bond donors (Lipinski definition) is 0. The second kappa shape index (κ2) is 7.82. The number of alkyl halides is 6. The molecular formula is C19H13ClF6N2O2. The Hall–Kier alpha value is -2.75. The van der Waals surface area contributed by atoms with Gasteiger partial charge in [-0.3, -0.25) is 0 Å². The third kappa shape index (κ3) is 4.69. The van der Waals surface area contributed by atoms with E-state index in [0.717, 1.165) is 17.7 Å². The van der Waals surface area contributed by atoms with Crippen molar-refractivity contribution in [1.29, 1.82) is 0 Å². The van der Waals surface area contributed by atoms with Crippen molar-refractivity contribution < 1.29 is 35.6 Å². The molecule has 1 heterocycles. The maximum atomic E-state index is 13.4. The average Bonchev–Trinajstić information content (AvgIpc) is 3.12. The van der Waals surface area contributed by atoms with Crippen LogP contribution in [-0.2, 0) is 6.18 Å². The molecule has 0 bridgehead atoms. The molecule has 4 nitrogen and oxygen atoms in total. The van der Waals surface area contributed by atoms with Crippen molar-refractivity contribution in [2.45, 2.75) is 32.3 Å². The van der Waals surface area contributed by atoms with Crippen LogP contribution in [0.5, 0.6) is 5.75 Å². The molecule has 1 aromatic heterocycles. The van der Waals surface area contributed by atoms with E-state index >= 15 is 0 Å². The number of ether oxygens (including phenoxy) is 1. The van der Waals surface area contributed by atoms with Crippen molar-refractivity contribution in [3.8, 4) is 28.6 Å². The smallest absolute Gasteiger partial charge is 0.425 e. The number of aryl methyl sites for hydroxylation is 1. The molecular weight excluding hydrogens is 438 g/mol. The SMILES string of the molecule is Cc1ccc(Cl)cc1-c1noc(-c2ccc(OC(C)C(F)(F)F)c(C(F)(F)F)c2)n1. The number of hydrogen-bond acceptors (Lipinski definition) is 4. The van der Waals surface area contributed by atoms with E-state index in [-0.39, 0.29) is 17.3 Å². The predicted molar refractivity (Wildman–Crippen MR) is 96.1 cm³/mol. The summed E-state index contributed by atoms with van der Waals surface area (Å²) in [7, 11) is 0. The van der Waals surface area contributed by atoms with Gasteiger partial charge in [0.2, 0.25) is 5.82 Å². The van der Waals surface area contributed by atoms with Crippen LogP contribution in [0.4, 0.5) is 26.3 Å². The van der Waals surface area contributed by atoms with Gasteiger partial charge < -0.3 is 9.26 Å². The second-order valence-electron chi connectivity index (χ2n) is 6.39. The molecule has 0 saturated heterocycles. The summed E-state index contributed by atoms with van der Waals surface area (Å²) in [5, 5.41) is 4.16. The summed E-state index contributed by atoms with van der Waals surface area (Å²) in [6.07, 6.45) is -12.2. The summed E-state index contributed by atoms with van der Waals surface area (Å²) in [5.74, 6) is -1.10. The largest absolute Gasteiger partial charge is 0.481 e. The number of rotatable bonds is 4. The predicted octanol–water partition coefficient (Wildman–Crippen LogP) is 6.71. The van der Waals surface area contributed by atoms with Crippen molar-refractivity contribution in [1.82, 2.24) is 10.1 Å². The Morgan fingerprint density at radius 2 is 1.73 bits per heavy atom. The highest BCUT2D eigenvalue weighted by Crippen LogP contribution is 2.40. The fraction of sp³-hybridized carbons (Fsp3) is 0.263. The first kappa shape index (κ1) is 21.9. The van der Waals surface area contributed by atoms with Crippen molar-refractivity contribution >= 4 is 11.6 Å². The molecule has 0 amide bonds. The molecule has 160 valence electrons. The van der Waals surface area contributed by atoms with Crippen LogP contribution < -0.4 is 4.74 Å². The van der Waals surface area contributed by atoms with Crippen LogP contribution in [0.1, 0.15) is 18.1 Å². The minimum absolute atomic E-state index is 0.101. The van der Waals surface area contributed by atoms with Gasteiger partial charge in [-0.05, 0) is 49.7 Å². The molecule has 30 heavy (non-hydrogen) atoms. The summed E-state index contributed by atoms with van der Waals surface area (Å²) < 4.78 is 87.9. The Bertz CT molecular complexity index is 1060. The molecule has 3 rings (SSSR count). The van der Waals surface area contributed by atoms with Crippen molar-refractivity contribution in [3.63, 3.8) is 0 Å². The van der Waals surface area contributed by atoms with Crippen LogP contribution in [-0.4, -0.2) is 22.4 Å². The van der Waals surface area contributed by atoms with E-state index in [0.29, 0.717) is 23.6 Å². The van der Waals surface area contributed by atoms with E-state index in [1.807, 2.05) is 0 Å². The van der Waals surface area contributed by atoms with Gasteiger partial charge in [0.15, 0.2) is 6.10 Å². The van der Waals surface area contributed by atoms with Gasteiger partial charge in [-0.2, -0.15) is 31.3 Å². The molecule has 0 aliphatic rings. The van der Waals surface area contributed by atoms with E-state index in [1.165, 1.54) is 0 Å².